The summed E-state index contributed by atoms with van der Waals surface area (Å²) in [6, 6.07) is 0. The van der Waals surface area contributed by atoms with Crippen molar-refractivity contribution in [1.82, 2.24) is 0 Å². The van der Waals surface area contributed by atoms with Crippen LogP contribution >= 0.6 is 0 Å². The first kappa shape index (κ1) is 21.4. The summed E-state index contributed by atoms with van der Waals surface area (Å²) in [5.41, 5.74) is 0.542. The number of Topliss-reactive ketones (excluding diaryl/α,β-unsaturated/α-hetero) is 1. The summed E-state index contributed by atoms with van der Waals surface area (Å²) in [6.07, 6.45) is 15.3. The normalized spacial score (nSPS) is 44.0. The lowest BCUT2D eigenvalue weighted by Gasteiger charge is -2.60. The average molecular weight is 403 g/mol. The van der Waals surface area contributed by atoms with Crippen molar-refractivity contribution in [3.63, 3.8) is 0 Å². The second kappa shape index (κ2) is 8.35. The van der Waals surface area contributed by atoms with E-state index >= 15 is 0 Å². The lowest BCUT2D eigenvalue weighted by Crippen LogP contribution is -2.54. The summed E-state index contributed by atoms with van der Waals surface area (Å²) in [6.45, 7) is 7.13. The number of esters is 1. The summed E-state index contributed by atoms with van der Waals surface area (Å²) in [5.74, 6) is 3.41. The lowest BCUT2D eigenvalue weighted by atomic mass is 9.45. The second-order valence-electron chi connectivity index (χ2n) is 11.3. The molecule has 4 rings (SSSR count). The number of ether oxygens (including phenoxy) is 1. The molecule has 0 heterocycles. The first-order chi connectivity index (χ1) is 13.9. The maximum atomic E-state index is 12.5. The summed E-state index contributed by atoms with van der Waals surface area (Å²) < 4.78 is 6.11. The van der Waals surface area contributed by atoms with Crippen LogP contribution in [-0.2, 0) is 14.3 Å². The van der Waals surface area contributed by atoms with Gasteiger partial charge in [0.15, 0.2) is 0 Å². The zero-order chi connectivity index (χ0) is 20.6. The second-order valence-corrected chi connectivity index (χ2v) is 11.3. The van der Waals surface area contributed by atoms with Crippen LogP contribution in [0.3, 0.4) is 0 Å². The third-order valence-electron chi connectivity index (χ3n) is 9.90. The van der Waals surface area contributed by atoms with Gasteiger partial charge in [0.1, 0.15) is 11.9 Å². The number of hydrogen-bond acceptors (Lipinski definition) is 3. The van der Waals surface area contributed by atoms with Crippen molar-refractivity contribution in [2.75, 3.05) is 0 Å². The molecule has 0 N–H and O–H groups in total. The zero-order valence-corrected chi connectivity index (χ0v) is 19.0. The average Bonchev–Trinajstić information content (AvgIpc) is 3.02. The summed E-state index contributed by atoms with van der Waals surface area (Å²) >= 11 is 0. The Balaban J connectivity index is 1.41. The summed E-state index contributed by atoms with van der Waals surface area (Å²) in [4.78, 5) is 24.5. The molecule has 0 aliphatic heterocycles. The van der Waals surface area contributed by atoms with Gasteiger partial charge in [0.05, 0.1) is 0 Å². The van der Waals surface area contributed by atoms with Crippen molar-refractivity contribution in [3.8, 4) is 0 Å². The molecule has 0 amide bonds. The van der Waals surface area contributed by atoms with Crippen molar-refractivity contribution >= 4 is 11.8 Å². The highest BCUT2D eigenvalue weighted by Gasteiger charge is 2.61. The fourth-order valence-electron chi connectivity index (χ4n) is 8.10. The van der Waals surface area contributed by atoms with E-state index in [4.69, 9.17) is 4.74 Å². The molecule has 0 aromatic carbocycles. The third-order valence-corrected chi connectivity index (χ3v) is 9.90. The molecule has 0 bridgehead atoms. The summed E-state index contributed by atoms with van der Waals surface area (Å²) in [5, 5.41) is 0. The van der Waals surface area contributed by atoms with Gasteiger partial charge in [-0.1, -0.05) is 40.0 Å². The van der Waals surface area contributed by atoms with Crippen LogP contribution in [0.25, 0.3) is 0 Å². The van der Waals surface area contributed by atoms with Crippen LogP contribution in [-0.4, -0.2) is 17.9 Å². The van der Waals surface area contributed by atoms with E-state index in [1.165, 1.54) is 44.9 Å². The van der Waals surface area contributed by atoms with Gasteiger partial charge >= 0.3 is 5.97 Å². The van der Waals surface area contributed by atoms with E-state index in [1.807, 2.05) is 0 Å². The Morgan fingerprint density at radius 2 is 1.76 bits per heavy atom. The van der Waals surface area contributed by atoms with E-state index in [0.29, 0.717) is 29.5 Å². The van der Waals surface area contributed by atoms with Gasteiger partial charge in [0.2, 0.25) is 0 Å². The largest absolute Gasteiger partial charge is 0.462 e. The number of ketones is 1. The molecule has 29 heavy (non-hydrogen) atoms. The molecule has 0 spiro atoms. The first-order valence-electron chi connectivity index (χ1n) is 12.6. The van der Waals surface area contributed by atoms with Crippen molar-refractivity contribution < 1.29 is 14.3 Å². The number of fused-ring (bicyclic) bond motifs is 5. The molecule has 3 nitrogen and oxygen atoms in total. The minimum atomic E-state index is 0.0385. The molecule has 4 saturated carbocycles. The standard InChI is InChI=1S/C26H42O3/c1-4-5-6-7-8-24(28)29-23-12-11-21-20-10-9-18-17-19(27)13-15-25(18,2)22(20)14-16-26(21,23)3/h18,20-23H,4-17H2,1-3H3/t18-,20?,21?,22?,23-,25-,26-/m0/s1. The Morgan fingerprint density at radius 1 is 0.966 bits per heavy atom. The van der Waals surface area contributed by atoms with Gasteiger partial charge in [-0.3, -0.25) is 9.59 Å². The van der Waals surface area contributed by atoms with Gasteiger partial charge in [0.25, 0.3) is 0 Å². The van der Waals surface area contributed by atoms with Crippen LogP contribution in [0.5, 0.6) is 0 Å². The zero-order valence-electron chi connectivity index (χ0n) is 19.0. The van der Waals surface area contributed by atoms with Crippen molar-refractivity contribution in [1.29, 1.82) is 0 Å². The Kier molecular flexibility index (Phi) is 6.15. The SMILES string of the molecule is CCCCCCC(=O)O[C@H]1CCC2C3CC[C@H]4CC(=O)CC[C@]4(C)C3CC[C@@]21C. The van der Waals surface area contributed by atoms with E-state index in [9.17, 15) is 9.59 Å². The Bertz CT molecular complexity index is 627. The first-order valence-corrected chi connectivity index (χ1v) is 12.6. The van der Waals surface area contributed by atoms with Gasteiger partial charge in [-0.25, -0.2) is 0 Å². The molecule has 0 aromatic rings. The molecule has 0 radical (unpaired) electrons. The third kappa shape index (κ3) is 3.81. The number of carbonyl (C=O) groups is 2. The molecule has 0 saturated heterocycles. The van der Waals surface area contributed by atoms with E-state index in [0.717, 1.165) is 50.4 Å². The summed E-state index contributed by atoms with van der Waals surface area (Å²) in [7, 11) is 0. The van der Waals surface area contributed by atoms with E-state index in [2.05, 4.69) is 20.8 Å². The highest BCUT2D eigenvalue weighted by atomic mass is 16.5. The van der Waals surface area contributed by atoms with Gasteiger partial charge in [0, 0.05) is 24.7 Å². The molecular formula is C26H42O3. The minimum absolute atomic E-state index is 0.0385. The van der Waals surface area contributed by atoms with Crippen LogP contribution in [0.2, 0.25) is 0 Å². The molecule has 0 aromatic heterocycles. The number of unbranched alkanes of at least 4 members (excludes halogenated alkanes) is 3. The number of hydrogen-bond donors (Lipinski definition) is 0. The van der Waals surface area contributed by atoms with Crippen LogP contribution in [0.15, 0.2) is 0 Å². The molecule has 7 atom stereocenters. The predicted molar refractivity (Wildman–Crippen MR) is 115 cm³/mol. The van der Waals surface area contributed by atoms with Gasteiger partial charge in [-0.05, 0) is 80.5 Å². The van der Waals surface area contributed by atoms with Crippen molar-refractivity contribution in [2.24, 2.45) is 34.5 Å². The topological polar surface area (TPSA) is 43.4 Å². The maximum absolute atomic E-state index is 12.5. The van der Waals surface area contributed by atoms with Crippen LogP contribution in [0.1, 0.15) is 111 Å². The highest BCUT2D eigenvalue weighted by Crippen LogP contribution is 2.66. The lowest BCUT2D eigenvalue weighted by molar-refractivity contribution is -0.164. The Hall–Kier alpha value is -0.860. The van der Waals surface area contributed by atoms with Crippen molar-refractivity contribution in [2.45, 2.75) is 117 Å². The van der Waals surface area contributed by atoms with Gasteiger partial charge in [-0.2, -0.15) is 0 Å². The van der Waals surface area contributed by atoms with Gasteiger partial charge in [-0.15, -0.1) is 0 Å². The monoisotopic (exact) mass is 402 g/mol. The predicted octanol–water partition coefficient (Wildman–Crippen LogP) is 6.48. The minimum Gasteiger partial charge on any atom is -0.462 e. The highest BCUT2D eigenvalue weighted by molar-refractivity contribution is 5.79. The molecule has 4 aliphatic carbocycles. The Morgan fingerprint density at radius 3 is 2.55 bits per heavy atom. The molecule has 4 aliphatic rings. The van der Waals surface area contributed by atoms with Crippen LogP contribution < -0.4 is 0 Å². The van der Waals surface area contributed by atoms with Crippen molar-refractivity contribution in [3.05, 3.63) is 0 Å². The number of carbonyl (C=O) groups excluding carboxylic acids is 2. The molecule has 4 fully saturated rings. The fraction of sp³-hybridized carbons (Fsp3) is 0.923. The Labute approximate surface area is 177 Å². The molecule has 164 valence electrons. The maximum Gasteiger partial charge on any atom is 0.306 e. The molecular weight excluding hydrogens is 360 g/mol. The van der Waals surface area contributed by atoms with E-state index in [-0.39, 0.29) is 17.5 Å². The fourth-order valence-corrected chi connectivity index (χ4v) is 8.10. The quantitative estimate of drug-likeness (QED) is 0.377. The molecule has 3 heteroatoms. The van der Waals surface area contributed by atoms with Crippen LogP contribution in [0.4, 0.5) is 0 Å². The smallest absolute Gasteiger partial charge is 0.306 e. The van der Waals surface area contributed by atoms with E-state index < -0.39 is 0 Å². The van der Waals surface area contributed by atoms with Gasteiger partial charge < -0.3 is 4.74 Å². The van der Waals surface area contributed by atoms with Crippen LogP contribution in [0, 0.1) is 34.5 Å². The van der Waals surface area contributed by atoms with E-state index in [1.54, 1.807) is 0 Å². The molecule has 3 unspecified atom stereocenters. The number of rotatable bonds is 6.